The standard InChI is InChI=1S/C10H16N4O/c1-7(2)10(15)13-4-5-14-9(6-13)11-8(3)12-14/h7H,4-6H2,1-3H3. The summed E-state index contributed by atoms with van der Waals surface area (Å²) in [7, 11) is 0. The van der Waals surface area contributed by atoms with Gasteiger partial charge >= 0.3 is 0 Å². The van der Waals surface area contributed by atoms with Crippen molar-refractivity contribution in [1.29, 1.82) is 0 Å². The molecular weight excluding hydrogens is 192 g/mol. The van der Waals surface area contributed by atoms with Crippen LogP contribution in [0.25, 0.3) is 0 Å². The minimum Gasteiger partial charge on any atom is -0.333 e. The molecule has 0 fully saturated rings. The smallest absolute Gasteiger partial charge is 0.225 e. The monoisotopic (exact) mass is 208 g/mol. The van der Waals surface area contributed by atoms with Crippen LogP contribution in [0.4, 0.5) is 0 Å². The summed E-state index contributed by atoms with van der Waals surface area (Å²) < 4.78 is 1.89. The third kappa shape index (κ3) is 1.86. The molecular formula is C10H16N4O. The number of carbonyl (C=O) groups is 1. The predicted molar refractivity (Wildman–Crippen MR) is 55.0 cm³/mol. The van der Waals surface area contributed by atoms with Crippen molar-refractivity contribution >= 4 is 5.91 Å². The zero-order valence-corrected chi connectivity index (χ0v) is 9.40. The SMILES string of the molecule is Cc1nc2n(n1)CCN(C(=O)C(C)C)C2. The van der Waals surface area contributed by atoms with Gasteiger partial charge < -0.3 is 4.90 Å². The van der Waals surface area contributed by atoms with Crippen molar-refractivity contribution in [2.45, 2.75) is 33.9 Å². The fourth-order valence-electron chi connectivity index (χ4n) is 1.81. The molecule has 15 heavy (non-hydrogen) atoms. The molecule has 2 rings (SSSR count). The summed E-state index contributed by atoms with van der Waals surface area (Å²) in [6, 6.07) is 0. The number of hydrogen-bond acceptors (Lipinski definition) is 3. The predicted octanol–water partition coefficient (Wildman–Crippen LogP) is 0.585. The Kier molecular flexibility index (Phi) is 2.46. The van der Waals surface area contributed by atoms with Gasteiger partial charge in [-0.05, 0) is 6.92 Å². The molecule has 0 atom stereocenters. The minimum atomic E-state index is 0.0561. The first-order valence-electron chi connectivity index (χ1n) is 5.27. The van der Waals surface area contributed by atoms with Gasteiger partial charge in [-0.25, -0.2) is 9.67 Å². The van der Waals surface area contributed by atoms with Gasteiger partial charge in [0.25, 0.3) is 0 Å². The van der Waals surface area contributed by atoms with Crippen LogP contribution in [0, 0.1) is 12.8 Å². The van der Waals surface area contributed by atoms with Crippen LogP contribution in [-0.4, -0.2) is 32.1 Å². The van der Waals surface area contributed by atoms with Crippen LogP contribution in [0.2, 0.25) is 0 Å². The summed E-state index contributed by atoms with van der Waals surface area (Å²) >= 11 is 0. The fourth-order valence-corrected chi connectivity index (χ4v) is 1.81. The van der Waals surface area contributed by atoms with Gasteiger partial charge in [-0.15, -0.1) is 0 Å². The van der Waals surface area contributed by atoms with Gasteiger partial charge in [-0.1, -0.05) is 13.8 Å². The second-order valence-corrected chi connectivity index (χ2v) is 4.21. The quantitative estimate of drug-likeness (QED) is 0.678. The van der Waals surface area contributed by atoms with Crippen LogP contribution in [-0.2, 0) is 17.9 Å². The van der Waals surface area contributed by atoms with Crippen molar-refractivity contribution in [1.82, 2.24) is 19.7 Å². The van der Waals surface area contributed by atoms with Crippen molar-refractivity contribution in [2.75, 3.05) is 6.54 Å². The Morgan fingerprint density at radius 2 is 2.13 bits per heavy atom. The van der Waals surface area contributed by atoms with Crippen LogP contribution in [0.5, 0.6) is 0 Å². The van der Waals surface area contributed by atoms with Crippen molar-refractivity contribution in [3.05, 3.63) is 11.6 Å². The Morgan fingerprint density at radius 1 is 1.40 bits per heavy atom. The third-order valence-corrected chi connectivity index (χ3v) is 2.57. The van der Waals surface area contributed by atoms with Gasteiger partial charge in [0.1, 0.15) is 11.6 Å². The van der Waals surface area contributed by atoms with E-state index in [9.17, 15) is 4.79 Å². The number of fused-ring (bicyclic) bond motifs is 1. The Bertz CT molecular complexity index is 383. The van der Waals surface area contributed by atoms with Crippen molar-refractivity contribution in [3.8, 4) is 0 Å². The van der Waals surface area contributed by atoms with E-state index in [0.29, 0.717) is 6.54 Å². The molecule has 0 radical (unpaired) electrons. The number of aryl methyl sites for hydroxylation is 1. The van der Waals surface area contributed by atoms with E-state index >= 15 is 0 Å². The Morgan fingerprint density at radius 3 is 2.80 bits per heavy atom. The van der Waals surface area contributed by atoms with Crippen molar-refractivity contribution < 1.29 is 4.79 Å². The highest BCUT2D eigenvalue weighted by molar-refractivity contribution is 5.78. The highest BCUT2D eigenvalue weighted by atomic mass is 16.2. The maximum absolute atomic E-state index is 11.8. The van der Waals surface area contributed by atoms with Crippen LogP contribution in [0.1, 0.15) is 25.5 Å². The Labute approximate surface area is 89.1 Å². The van der Waals surface area contributed by atoms with E-state index < -0.39 is 0 Å². The minimum absolute atomic E-state index is 0.0561. The topological polar surface area (TPSA) is 51.0 Å². The summed E-state index contributed by atoms with van der Waals surface area (Å²) in [5.74, 6) is 1.93. The van der Waals surface area contributed by atoms with E-state index in [1.807, 2.05) is 30.4 Å². The van der Waals surface area contributed by atoms with E-state index in [4.69, 9.17) is 0 Å². The Balaban J connectivity index is 2.15. The van der Waals surface area contributed by atoms with Gasteiger partial charge in [0, 0.05) is 12.5 Å². The zero-order chi connectivity index (χ0) is 11.0. The molecule has 2 heterocycles. The molecule has 82 valence electrons. The molecule has 1 aromatic rings. The number of aromatic nitrogens is 3. The van der Waals surface area contributed by atoms with Crippen LogP contribution in [0.15, 0.2) is 0 Å². The van der Waals surface area contributed by atoms with Gasteiger partial charge in [-0.2, -0.15) is 5.10 Å². The average molecular weight is 208 g/mol. The number of amides is 1. The normalized spacial score (nSPS) is 15.6. The van der Waals surface area contributed by atoms with E-state index in [2.05, 4.69) is 10.1 Å². The molecule has 1 aliphatic rings. The van der Waals surface area contributed by atoms with Crippen LogP contribution in [0.3, 0.4) is 0 Å². The number of carbonyl (C=O) groups excluding carboxylic acids is 1. The first-order chi connectivity index (χ1) is 7.08. The molecule has 0 unspecified atom stereocenters. The lowest BCUT2D eigenvalue weighted by molar-refractivity contribution is -0.136. The second kappa shape index (κ2) is 3.64. The second-order valence-electron chi connectivity index (χ2n) is 4.21. The lowest BCUT2D eigenvalue weighted by Gasteiger charge is -2.28. The van der Waals surface area contributed by atoms with Gasteiger partial charge in [0.15, 0.2) is 0 Å². The summed E-state index contributed by atoms with van der Waals surface area (Å²) in [4.78, 5) is 17.9. The first-order valence-corrected chi connectivity index (χ1v) is 5.27. The number of rotatable bonds is 1. The van der Waals surface area contributed by atoms with E-state index in [0.717, 1.165) is 24.7 Å². The summed E-state index contributed by atoms with van der Waals surface area (Å²) in [5.41, 5.74) is 0. The maximum Gasteiger partial charge on any atom is 0.225 e. The fraction of sp³-hybridized carbons (Fsp3) is 0.700. The molecule has 0 aliphatic carbocycles. The highest BCUT2D eigenvalue weighted by Crippen LogP contribution is 2.12. The molecule has 0 N–H and O–H groups in total. The van der Waals surface area contributed by atoms with E-state index in [1.54, 1.807) is 0 Å². The lowest BCUT2D eigenvalue weighted by atomic mass is 10.2. The Hall–Kier alpha value is -1.39. The molecule has 0 bridgehead atoms. The van der Waals surface area contributed by atoms with Gasteiger partial charge in [-0.3, -0.25) is 4.79 Å². The van der Waals surface area contributed by atoms with Gasteiger partial charge in [0.05, 0.1) is 13.1 Å². The molecule has 5 heteroatoms. The van der Waals surface area contributed by atoms with Gasteiger partial charge in [0.2, 0.25) is 5.91 Å². The maximum atomic E-state index is 11.8. The largest absolute Gasteiger partial charge is 0.333 e. The number of nitrogens with zero attached hydrogens (tertiary/aromatic N) is 4. The molecule has 0 saturated carbocycles. The van der Waals surface area contributed by atoms with Crippen molar-refractivity contribution in [3.63, 3.8) is 0 Å². The summed E-state index contributed by atoms with van der Waals surface area (Å²) in [6.45, 7) is 7.82. The van der Waals surface area contributed by atoms with E-state index in [1.165, 1.54) is 0 Å². The molecule has 1 aliphatic heterocycles. The summed E-state index contributed by atoms with van der Waals surface area (Å²) in [6.07, 6.45) is 0. The summed E-state index contributed by atoms with van der Waals surface area (Å²) in [5, 5.41) is 4.26. The molecule has 0 saturated heterocycles. The average Bonchev–Trinajstić information content (AvgIpc) is 2.55. The lowest BCUT2D eigenvalue weighted by Crippen LogP contribution is -2.40. The highest BCUT2D eigenvalue weighted by Gasteiger charge is 2.24. The van der Waals surface area contributed by atoms with Crippen molar-refractivity contribution in [2.24, 2.45) is 5.92 Å². The van der Waals surface area contributed by atoms with Crippen LogP contribution >= 0.6 is 0 Å². The molecule has 0 aromatic carbocycles. The third-order valence-electron chi connectivity index (χ3n) is 2.57. The first kappa shape index (κ1) is 10.1. The molecule has 0 spiro atoms. The van der Waals surface area contributed by atoms with E-state index in [-0.39, 0.29) is 11.8 Å². The number of hydrogen-bond donors (Lipinski definition) is 0. The molecule has 5 nitrogen and oxygen atoms in total. The molecule has 1 aromatic heterocycles. The molecule has 1 amide bonds. The van der Waals surface area contributed by atoms with Crippen LogP contribution < -0.4 is 0 Å². The zero-order valence-electron chi connectivity index (χ0n) is 9.40.